The molecule has 0 aromatic rings. The largest absolute Gasteiger partial charge is 0.402 e. The molecule has 0 aromatic carbocycles. The third kappa shape index (κ3) is 1.52. The van der Waals surface area contributed by atoms with Crippen molar-refractivity contribution in [3.05, 3.63) is 12.3 Å². The lowest BCUT2D eigenvalue weighted by Gasteiger charge is -2.39. The second-order valence-electron chi connectivity index (χ2n) is 4.33. The van der Waals surface area contributed by atoms with Crippen LogP contribution in [0.5, 0.6) is 0 Å². The fraction of sp³-hybridized carbons (Fsp3) is 0.700. The Hall–Kier alpha value is -0.790. The van der Waals surface area contributed by atoms with Crippen LogP contribution in [0, 0.1) is 10.8 Å². The summed E-state index contributed by atoms with van der Waals surface area (Å²) in [4.78, 5) is 11.3. The predicted molar refractivity (Wildman–Crippen MR) is 51.6 cm³/mol. The lowest BCUT2D eigenvalue weighted by molar-refractivity contribution is -0.129. The van der Waals surface area contributed by atoms with Gasteiger partial charge in [0.05, 0.1) is 0 Å². The minimum Gasteiger partial charge on any atom is -0.402 e. The zero-order valence-electron chi connectivity index (χ0n) is 8.69. The van der Waals surface area contributed by atoms with Crippen molar-refractivity contribution in [2.75, 3.05) is 0 Å². The zero-order valence-corrected chi connectivity index (χ0v) is 8.69. The van der Waals surface area contributed by atoms with Crippen LogP contribution in [0.25, 0.3) is 0 Å². The maximum absolute atomic E-state index is 11.3. The summed E-state index contributed by atoms with van der Waals surface area (Å²) in [5, 5.41) is 0. The molecule has 2 heteroatoms. The highest BCUT2D eigenvalue weighted by atomic mass is 16.1. The van der Waals surface area contributed by atoms with E-state index in [0.29, 0.717) is 5.70 Å². The van der Waals surface area contributed by atoms with E-state index in [1.54, 1.807) is 6.92 Å². The Kier molecular flexibility index (Phi) is 2.73. The summed E-state index contributed by atoms with van der Waals surface area (Å²) in [5.74, 6) is 0.138. The molecule has 0 bridgehead atoms. The molecule has 0 aromatic heterocycles. The van der Waals surface area contributed by atoms with Crippen LogP contribution in [0.2, 0.25) is 0 Å². The van der Waals surface area contributed by atoms with Crippen LogP contribution in [-0.4, -0.2) is 5.78 Å². The molecule has 70 valence electrons. The molecule has 0 rings (SSSR count). The third-order valence-electron chi connectivity index (χ3n) is 3.25. The van der Waals surface area contributed by atoms with Gasteiger partial charge in [0.2, 0.25) is 0 Å². The highest BCUT2D eigenvalue weighted by Gasteiger charge is 2.41. The molecule has 12 heavy (non-hydrogen) atoms. The molecule has 0 saturated heterocycles. The van der Waals surface area contributed by atoms with Crippen molar-refractivity contribution in [3.63, 3.8) is 0 Å². The summed E-state index contributed by atoms with van der Waals surface area (Å²) in [6, 6.07) is 0. The van der Waals surface area contributed by atoms with Gasteiger partial charge in [-0.25, -0.2) is 0 Å². The molecule has 2 N–H and O–H groups in total. The van der Waals surface area contributed by atoms with Gasteiger partial charge in [-0.3, -0.25) is 4.79 Å². The molecule has 0 fully saturated rings. The molecule has 0 unspecified atom stereocenters. The number of carbonyl (C=O) groups is 1. The van der Waals surface area contributed by atoms with Gasteiger partial charge in [-0.15, -0.1) is 0 Å². The highest BCUT2D eigenvalue weighted by Crippen LogP contribution is 2.42. The summed E-state index contributed by atoms with van der Waals surface area (Å²) in [7, 11) is 0. The topological polar surface area (TPSA) is 43.1 Å². The molecule has 2 nitrogen and oxygen atoms in total. The van der Waals surface area contributed by atoms with Crippen molar-refractivity contribution < 1.29 is 4.79 Å². The Balaban J connectivity index is 5.01. The average molecular weight is 169 g/mol. The first-order valence-electron chi connectivity index (χ1n) is 4.10. The Morgan fingerprint density at radius 2 is 1.50 bits per heavy atom. The van der Waals surface area contributed by atoms with Crippen LogP contribution in [-0.2, 0) is 4.79 Å². The lowest BCUT2D eigenvalue weighted by Crippen LogP contribution is -2.41. The van der Waals surface area contributed by atoms with Gasteiger partial charge in [-0.2, -0.15) is 0 Å². The van der Waals surface area contributed by atoms with Gasteiger partial charge in [0.15, 0.2) is 0 Å². The van der Waals surface area contributed by atoms with Crippen LogP contribution in [0.1, 0.15) is 34.6 Å². The van der Waals surface area contributed by atoms with Crippen LogP contribution >= 0.6 is 0 Å². The maximum atomic E-state index is 11.3. The van der Waals surface area contributed by atoms with Crippen molar-refractivity contribution in [3.8, 4) is 0 Å². The first-order chi connectivity index (χ1) is 5.14. The van der Waals surface area contributed by atoms with E-state index >= 15 is 0 Å². The van der Waals surface area contributed by atoms with E-state index in [1.165, 1.54) is 0 Å². The van der Waals surface area contributed by atoms with Gasteiger partial charge in [0.1, 0.15) is 5.78 Å². The zero-order chi connectivity index (χ0) is 10.2. The standard InChI is InChI=1S/C10H19NO/c1-7(11)9(3,4)10(5,6)8(2)12/h1,11H2,2-6H3. The number of rotatable bonds is 3. The summed E-state index contributed by atoms with van der Waals surface area (Å²) in [5.41, 5.74) is 5.41. The average Bonchev–Trinajstić information content (AvgIpc) is 1.86. The quantitative estimate of drug-likeness (QED) is 0.703. The number of Topliss-reactive ketones (excluding diaryl/α,β-unsaturated/α-hetero) is 1. The summed E-state index contributed by atoms with van der Waals surface area (Å²) >= 11 is 0. The van der Waals surface area contributed by atoms with Gasteiger partial charge in [-0.05, 0) is 6.92 Å². The minimum absolute atomic E-state index is 0.138. The second kappa shape index (κ2) is 2.92. The number of nitrogens with two attached hydrogens (primary N) is 1. The Labute approximate surface area is 74.8 Å². The molecule has 0 amide bonds. The van der Waals surface area contributed by atoms with Gasteiger partial charge in [-0.1, -0.05) is 34.3 Å². The van der Waals surface area contributed by atoms with Crippen LogP contribution in [0.3, 0.4) is 0 Å². The molecular weight excluding hydrogens is 150 g/mol. The van der Waals surface area contributed by atoms with Crippen molar-refractivity contribution in [2.45, 2.75) is 34.6 Å². The SMILES string of the molecule is C=C(N)C(C)(C)C(C)(C)C(C)=O. The van der Waals surface area contributed by atoms with E-state index < -0.39 is 5.41 Å². The first kappa shape index (κ1) is 11.2. The summed E-state index contributed by atoms with van der Waals surface area (Å²) < 4.78 is 0. The van der Waals surface area contributed by atoms with E-state index in [-0.39, 0.29) is 11.2 Å². The predicted octanol–water partition coefficient (Wildman–Crippen LogP) is 2.10. The van der Waals surface area contributed by atoms with Crippen LogP contribution in [0.4, 0.5) is 0 Å². The van der Waals surface area contributed by atoms with Gasteiger partial charge in [0, 0.05) is 16.5 Å². The number of allylic oxidation sites excluding steroid dienone is 1. The van der Waals surface area contributed by atoms with Crippen molar-refractivity contribution in [2.24, 2.45) is 16.6 Å². The monoisotopic (exact) mass is 169 g/mol. The molecule has 0 aliphatic carbocycles. The van der Waals surface area contributed by atoms with Crippen LogP contribution < -0.4 is 5.73 Å². The normalized spacial score (nSPS) is 12.8. The maximum Gasteiger partial charge on any atom is 0.136 e. The molecule has 0 spiro atoms. The Morgan fingerprint density at radius 3 is 1.58 bits per heavy atom. The second-order valence-corrected chi connectivity index (χ2v) is 4.33. The van der Waals surface area contributed by atoms with E-state index in [0.717, 1.165) is 0 Å². The minimum atomic E-state index is -0.446. The van der Waals surface area contributed by atoms with Crippen molar-refractivity contribution in [1.82, 2.24) is 0 Å². The summed E-state index contributed by atoms with van der Waals surface area (Å²) in [6.07, 6.45) is 0. The van der Waals surface area contributed by atoms with E-state index in [4.69, 9.17) is 5.73 Å². The molecule has 0 atom stereocenters. The van der Waals surface area contributed by atoms with Crippen molar-refractivity contribution in [1.29, 1.82) is 0 Å². The summed E-state index contributed by atoms with van der Waals surface area (Å²) in [6.45, 7) is 13.0. The van der Waals surface area contributed by atoms with E-state index in [9.17, 15) is 4.79 Å². The fourth-order valence-corrected chi connectivity index (χ4v) is 0.841. The lowest BCUT2D eigenvalue weighted by atomic mass is 9.64. The van der Waals surface area contributed by atoms with E-state index in [2.05, 4.69) is 6.58 Å². The Morgan fingerprint density at radius 1 is 1.17 bits per heavy atom. The molecule has 0 heterocycles. The molecule has 0 radical (unpaired) electrons. The number of ketones is 1. The molecule has 0 aliphatic rings. The van der Waals surface area contributed by atoms with Gasteiger partial charge < -0.3 is 5.73 Å². The fourth-order valence-electron chi connectivity index (χ4n) is 0.841. The third-order valence-corrected chi connectivity index (χ3v) is 3.25. The number of hydrogen-bond donors (Lipinski definition) is 1. The Bertz CT molecular complexity index is 190. The first-order valence-corrected chi connectivity index (χ1v) is 4.10. The highest BCUT2D eigenvalue weighted by molar-refractivity contribution is 5.82. The van der Waals surface area contributed by atoms with Crippen molar-refractivity contribution >= 4 is 5.78 Å². The van der Waals surface area contributed by atoms with Gasteiger partial charge >= 0.3 is 0 Å². The molecular formula is C10H19NO. The number of carbonyl (C=O) groups excluding carboxylic acids is 1. The number of hydrogen-bond acceptors (Lipinski definition) is 2. The smallest absolute Gasteiger partial charge is 0.136 e. The van der Waals surface area contributed by atoms with Crippen LogP contribution in [0.15, 0.2) is 12.3 Å². The molecule has 0 aliphatic heterocycles. The van der Waals surface area contributed by atoms with Gasteiger partial charge in [0.25, 0.3) is 0 Å². The molecule has 0 saturated carbocycles. The van der Waals surface area contributed by atoms with E-state index in [1.807, 2.05) is 27.7 Å².